The van der Waals surface area contributed by atoms with Gasteiger partial charge in [-0.05, 0) is 72.7 Å². The fourth-order valence-electron chi connectivity index (χ4n) is 5.92. The van der Waals surface area contributed by atoms with Crippen LogP contribution in [0.2, 0.25) is 0 Å². The molecule has 2 fully saturated rings. The zero-order valence-electron chi connectivity index (χ0n) is 21.5. The summed E-state index contributed by atoms with van der Waals surface area (Å²) in [5.74, 6) is 0.270. The Morgan fingerprint density at radius 2 is 1.61 bits per heavy atom. The van der Waals surface area contributed by atoms with E-state index in [1.807, 2.05) is 18.2 Å². The normalized spacial score (nSPS) is 20.1. The predicted molar refractivity (Wildman–Crippen MR) is 155 cm³/mol. The van der Waals surface area contributed by atoms with Crippen LogP contribution in [0, 0.1) is 11.8 Å². The van der Waals surface area contributed by atoms with Crippen molar-refractivity contribution in [1.82, 2.24) is 10.3 Å². The summed E-state index contributed by atoms with van der Waals surface area (Å²) in [4.78, 5) is 30.2. The van der Waals surface area contributed by atoms with Crippen molar-refractivity contribution in [2.45, 2.75) is 64.0 Å². The van der Waals surface area contributed by atoms with Gasteiger partial charge in [-0.1, -0.05) is 67.0 Å². The molecule has 2 atom stereocenters. The van der Waals surface area contributed by atoms with Crippen LogP contribution >= 0.6 is 11.3 Å². The summed E-state index contributed by atoms with van der Waals surface area (Å²) in [7, 11) is 0. The van der Waals surface area contributed by atoms with E-state index >= 15 is 0 Å². The highest BCUT2D eigenvalue weighted by atomic mass is 32.1. The van der Waals surface area contributed by atoms with Gasteiger partial charge in [0, 0.05) is 30.1 Å². The van der Waals surface area contributed by atoms with Crippen molar-refractivity contribution in [2.75, 3.05) is 10.6 Å². The molecule has 6 rings (SSSR count). The number of fused-ring (bicyclic) bond motifs is 2. The molecule has 0 saturated heterocycles. The molecule has 0 radical (unpaired) electrons. The standard InChI is InChI=1S/C31H34N4O2S/c36-29(22-7-2-3-8-22)35-31-34-27-15-14-26(18-28(27)38-31)33-30(37)24-10-5-11-25(17-24)32-19-20-12-13-21-6-1-4-9-23(21)16-20/h1,4,6,9,12-16,18,22,24-25,32H,2-3,5,7-8,10-11,17,19H2,(H,33,37)(H,34,35,36)/t24-,25-/m0/s1. The molecule has 1 heterocycles. The van der Waals surface area contributed by atoms with Crippen LogP contribution in [0.25, 0.3) is 21.0 Å². The van der Waals surface area contributed by atoms with Crippen molar-refractivity contribution in [3.8, 4) is 0 Å². The van der Waals surface area contributed by atoms with Crippen molar-refractivity contribution >= 4 is 55.0 Å². The van der Waals surface area contributed by atoms with Gasteiger partial charge >= 0.3 is 0 Å². The second-order valence-electron chi connectivity index (χ2n) is 10.8. The lowest BCUT2D eigenvalue weighted by molar-refractivity contribution is -0.121. The summed E-state index contributed by atoms with van der Waals surface area (Å²) in [6.45, 7) is 0.811. The maximum atomic E-state index is 13.2. The molecule has 38 heavy (non-hydrogen) atoms. The lowest BCUT2D eigenvalue weighted by atomic mass is 9.85. The minimum atomic E-state index is -0.00345. The molecule has 196 valence electrons. The maximum Gasteiger partial charge on any atom is 0.229 e. The zero-order valence-corrected chi connectivity index (χ0v) is 22.4. The fourth-order valence-corrected chi connectivity index (χ4v) is 6.83. The number of nitrogens with one attached hydrogen (secondary N) is 3. The average Bonchev–Trinajstić information content (AvgIpc) is 3.62. The van der Waals surface area contributed by atoms with Gasteiger partial charge in [0.15, 0.2) is 5.13 Å². The van der Waals surface area contributed by atoms with Gasteiger partial charge in [0.1, 0.15) is 0 Å². The SMILES string of the molecule is O=C(Nc1nc2ccc(NC(=O)[C@H]3CCC[C@H](NCc4ccc5ccccc5c4)C3)cc2s1)C1CCCC1. The quantitative estimate of drug-likeness (QED) is 0.246. The summed E-state index contributed by atoms with van der Waals surface area (Å²) in [6, 6.07) is 21.2. The summed E-state index contributed by atoms with van der Waals surface area (Å²) < 4.78 is 0.961. The third kappa shape index (κ3) is 5.74. The van der Waals surface area contributed by atoms with Crippen LogP contribution < -0.4 is 16.0 Å². The Morgan fingerprint density at radius 3 is 2.47 bits per heavy atom. The first-order chi connectivity index (χ1) is 18.6. The van der Waals surface area contributed by atoms with E-state index in [2.05, 4.69) is 63.4 Å². The number of hydrogen-bond donors (Lipinski definition) is 3. The second kappa shape index (κ2) is 11.2. The monoisotopic (exact) mass is 526 g/mol. The number of carbonyl (C=O) groups excluding carboxylic acids is 2. The highest BCUT2D eigenvalue weighted by Gasteiger charge is 2.27. The first kappa shape index (κ1) is 25.0. The largest absolute Gasteiger partial charge is 0.326 e. The summed E-state index contributed by atoms with van der Waals surface area (Å²) in [5.41, 5.74) is 2.89. The third-order valence-corrected chi connectivity index (χ3v) is 9.00. The number of anilines is 2. The fraction of sp³-hybridized carbons (Fsp3) is 0.387. The minimum Gasteiger partial charge on any atom is -0.326 e. The smallest absolute Gasteiger partial charge is 0.229 e. The van der Waals surface area contributed by atoms with Gasteiger partial charge in [0.05, 0.1) is 10.2 Å². The third-order valence-electron chi connectivity index (χ3n) is 8.07. The first-order valence-electron chi connectivity index (χ1n) is 13.8. The molecule has 0 bridgehead atoms. The lowest BCUT2D eigenvalue weighted by Gasteiger charge is -2.29. The van der Waals surface area contributed by atoms with Gasteiger partial charge in [0.25, 0.3) is 0 Å². The van der Waals surface area contributed by atoms with Crippen molar-refractivity contribution < 1.29 is 9.59 Å². The molecule has 6 nitrogen and oxygen atoms in total. The number of hydrogen-bond acceptors (Lipinski definition) is 5. The van der Waals surface area contributed by atoms with Crippen molar-refractivity contribution in [2.24, 2.45) is 11.8 Å². The summed E-state index contributed by atoms with van der Waals surface area (Å²) in [5, 5.41) is 13.0. The van der Waals surface area contributed by atoms with E-state index in [9.17, 15) is 9.59 Å². The van der Waals surface area contributed by atoms with Crippen LogP contribution in [-0.4, -0.2) is 22.8 Å². The van der Waals surface area contributed by atoms with E-state index in [0.29, 0.717) is 11.2 Å². The van der Waals surface area contributed by atoms with Gasteiger partial charge < -0.3 is 16.0 Å². The van der Waals surface area contributed by atoms with Crippen LogP contribution in [0.5, 0.6) is 0 Å². The first-order valence-corrected chi connectivity index (χ1v) is 14.7. The van der Waals surface area contributed by atoms with Gasteiger partial charge in [-0.3, -0.25) is 9.59 Å². The number of benzene rings is 3. The van der Waals surface area contributed by atoms with Gasteiger partial charge in [-0.2, -0.15) is 0 Å². The van der Waals surface area contributed by atoms with Crippen LogP contribution in [0.15, 0.2) is 60.7 Å². The number of amides is 2. The molecule has 7 heteroatoms. The van der Waals surface area contributed by atoms with Gasteiger partial charge in [0.2, 0.25) is 11.8 Å². The Balaban J connectivity index is 1.04. The molecule has 2 aliphatic rings. The van der Waals surface area contributed by atoms with Crippen molar-refractivity contribution in [3.63, 3.8) is 0 Å². The molecule has 2 amide bonds. The molecule has 1 aromatic heterocycles. The lowest BCUT2D eigenvalue weighted by Crippen LogP contribution is -2.37. The van der Waals surface area contributed by atoms with Crippen LogP contribution in [0.3, 0.4) is 0 Å². The summed E-state index contributed by atoms with van der Waals surface area (Å²) in [6.07, 6.45) is 8.10. The average molecular weight is 527 g/mol. The Labute approximate surface area is 227 Å². The van der Waals surface area contributed by atoms with E-state index in [1.165, 1.54) is 27.7 Å². The van der Waals surface area contributed by atoms with Gasteiger partial charge in [-0.25, -0.2) is 4.98 Å². The molecule has 2 aliphatic carbocycles. The van der Waals surface area contributed by atoms with Crippen LogP contribution in [0.1, 0.15) is 56.9 Å². The predicted octanol–water partition coefficient (Wildman–Crippen LogP) is 6.87. The molecular formula is C31H34N4O2S. The molecule has 3 aromatic carbocycles. The molecule has 3 N–H and O–H groups in total. The van der Waals surface area contributed by atoms with Crippen molar-refractivity contribution in [3.05, 3.63) is 66.2 Å². The Morgan fingerprint density at radius 1 is 0.816 bits per heavy atom. The molecule has 0 aliphatic heterocycles. The highest BCUT2D eigenvalue weighted by molar-refractivity contribution is 7.22. The molecular weight excluding hydrogens is 492 g/mol. The topological polar surface area (TPSA) is 83.1 Å². The molecule has 0 unspecified atom stereocenters. The highest BCUT2D eigenvalue weighted by Crippen LogP contribution is 2.32. The van der Waals surface area contributed by atoms with Crippen molar-refractivity contribution in [1.29, 1.82) is 0 Å². The Hall–Kier alpha value is -3.29. The number of thiazole rings is 1. The summed E-state index contributed by atoms with van der Waals surface area (Å²) >= 11 is 1.46. The Kier molecular flexibility index (Phi) is 7.38. The van der Waals surface area contributed by atoms with Crippen LogP contribution in [0.4, 0.5) is 10.8 Å². The molecule has 2 saturated carbocycles. The number of rotatable bonds is 7. The number of aromatic nitrogens is 1. The van der Waals surface area contributed by atoms with E-state index in [0.717, 1.165) is 73.8 Å². The van der Waals surface area contributed by atoms with E-state index in [-0.39, 0.29) is 23.7 Å². The molecule has 4 aromatic rings. The van der Waals surface area contributed by atoms with Gasteiger partial charge in [-0.15, -0.1) is 0 Å². The second-order valence-corrected chi connectivity index (χ2v) is 11.8. The Bertz CT molecular complexity index is 1460. The number of carbonyl (C=O) groups is 2. The molecule has 0 spiro atoms. The zero-order chi connectivity index (χ0) is 25.9. The minimum absolute atomic E-state index is 0.00345. The van der Waals surface area contributed by atoms with E-state index in [1.54, 1.807) is 0 Å². The number of nitrogens with zero attached hydrogens (tertiary/aromatic N) is 1. The maximum absolute atomic E-state index is 13.2. The van der Waals surface area contributed by atoms with Crippen LogP contribution in [-0.2, 0) is 16.1 Å². The van der Waals surface area contributed by atoms with E-state index < -0.39 is 0 Å². The van der Waals surface area contributed by atoms with E-state index in [4.69, 9.17) is 0 Å².